The summed E-state index contributed by atoms with van der Waals surface area (Å²) < 4.78 is 0. The van der Waals surface area contributed by atoms with Crippen molar-refractivity contribution >= 4 is 0 Å². The fourth-order valence-corrected chi connectivity index (χ4v) is 2.27. The molecule has 1 aliphatic carbocycles. The summed E-state index contributed by atoms with van der Waals surface area (Å²) in [5.74, 6) is 1.96. The molecule has 0 bridgehead atoms. The average Bonchev–Trinajstić information content (AvgIpc) is 2.46. The molecule has 0 aromatic carbocycles. The van der Waals surface area contributed by atoms with Crippen molar-refractivity contribution in [2.75, 3.05) is 0 Å². The van der Waals surface area contributed by atoms with Crippen molar-refractivity contribution in [3.05, 3.63) is 22.8 Å². The summed E-state index contributed by atoms with van der Waals surface area (Å²) >= 11 is 0. The van der Waals surface area contributed by atoms with Crippen LogP contribution in [0.25, 0.3) is 0 Å². The largest absolute Gasteiger partial charge is 0.269 e. The van der Waals surface area contributed by atoms with Crippen LogP contribution in [0.4, 0.5) is 0 Å². The molecular formula is C14H23Nd-. The predicted molar refractivity (Wildman–Crippen MR) is 62.9 cm³/mol. The zero-order valence-corrected chi connectivity index (χ0v) is 14.1. The van der Waals surface area contributed by atoms with Crippen molar-refractivity contribution in [2.24, 2.45) is 17.8 Å². The molecule has 0 amide bonds. The van der Waals surface area contributed by atoms with Gasteiger partial charge in [0, 0.05) is 40.8 Å². The molecule has 1 aliphatic rings. The van der Waals surface area contributed by atoms with E-state index in [-0.39, 0.29) is 40.8 Å². The Morgan fingerprint density at radius 2 is 1.40 bits per heavy atom. The van der Waals surface area contributed by atoms with Crippen molar-refractivity contribution in [1.29, 1.82) is 0 Å². The quantitative estimate of drug-likeness (QED) is 0.671. The Hall–Kier alpha value is 0.831. The molecule has 84 valence electrons. The van der Waals surface area contributed by atoms with E-state index in [1.807, 2.05) is 0 Å². The second-order valence-corrected chi connectivity index (χ2v) is 5.17. The van der Waals surface area contributed by atoms with Crippen LogP contribution in [-0.2, 0) is 0 Å². The summed E-state index contributed by atoms with van der Waals surface area (Å²) in [7, 11) is 0. The Kier molecular flexibility index (Phi) is 6.90. The molecule has 1 heteroatoms. The van der Waals surface area contributed by atoms with Gasteiger partial charge >= 0.3 is 0 Å². The summed E-state index contributed by atoms with van der Waals surface area (Å²) in [6, 6.07) is 0. The molecule has 0 heterocycles. The first-order valence-corrected chi connectivity index (χ1v) is 5.79. The second kappa shape index (κ2) is 6.54. The molecule has 0 unspecified atom stereocenters. The Morgan fingerprint density at radius 3 is 1.73 bits per heavy atom. The zero-order chi connectivity index (χ0) is 10.9. The first-order valence-electron chi connectivity index (χ1n) is 5.79. The van der Waals surface area contributed by atoms with Crippen molar-refractivity contribution in [3.8, 4) is 0 Å². The summed E-state index contributed by atoms with van der Waals surface area (Å²) in [6.07, 6.45) is 4.63. The van der Waals surface area contributed by atoms with Gasteiger partial charge in [-0.05, 0) is 5.92 Å². The Bertz CT molecular complexity index is 267. The minimum absolute atomic E-state index is 0. The van der Waals surface area contributed by atoms with E-state index in [1.54, 1.807) is 11.1 Å². The fourth-order valence-electron chi connectivity index (χ4n) is 2.27. The number of rotatable bonds is 3. The van der Waals surface area contributed by atoms with Gasteiger partial charge < -0.3 is 0 Å². The maximum absolute atomic E-state index is 3.56. The summed E-state index contributed by atoms with van der Waals surface area (Å²) in [5, 5.41) is 0. The molecule has 0 N–H and O–H groups in total. The van der Waals surface area contributed by atoms with E-state index < -0.39 is 0 Å². The van der Waals surface area contributed by atoms with Gasteiger partial charge in [-0.1, -0.05) is 53.4 Å². The van der Waals surface area contributed by atoms with Gasteiger partial charge in [0.15, 0.2) is 0 Å². The smallest absolute Gasteiger partial charge is 0 e. The van der Waals surface area contributed by atoms with Gasteiger partial charge in [0.2, 0.25) is 0 Å². The molecule has 0 aromatic rings. The Balaban J connectivity index is 0.00000196. The van der Waals surface area contributed by atoms with Crippen molar-refractivity contribution < 1.29 is 40.8 Å². The van der Waals surface area contributed by atoms with Crippen LogP contribution in [0.1, 0.15) is 48.0 Å². The van der Waals surface area contributed by atoms with Crippen molar-refractivity contribution in [1.82, 2.24) is 0 Å². The third-order valence-corrected chi connectivity index (χ3v) is 2.96. The van der Waals surface area contributed by atoms with Gasteiger partial charge in [0.25, 0.3) is 0 Å². The van der Waals surface area contributed by atoms with Gasteiger partial charge in [-0.3, -0.25) is 6.08 Å². The van der Waals surface area contributed by atoms with Crippen LogP contribution in [-0.4, -0.2) is 0 Å². The molecule has 0 nitrogen and oxygen atoms in total. The molecule has 0 saturated heterocycles. The van der Waals surface area contributed by atoms with Crippen LogP contribution in [0.2, 0.25) is 0 Å². The standard InChI is InChI=1S/C14H23.Nd/c1-9(2)12-7-8-13(10(3)4)14(12)11(5)6;/h9-11H,7H2,1-6H3;/q-1;. The number of allylic oxidation sites excluding steroid dienone is 4. The first-order chi connectivity index (χ1) is 6.45. The van der Waals surface area contributed by atoms with Crippen molar-refractivity contribution in [2.45, 2.75) is 48.0 Å². The normalized spacial score (nSPS) is 16.5. The van der Waals surface area contributed by atoms with E-state index in [0.717, 1.165) is 6.42 Å². The summed E-state index contributed by atoms with van der Waals surface area (Å²) in [6.45, 7) is 13.7. The maximum Gasteiger partial charge on any atom is 0 e. The molecule has 1 rings (SSSR count). The molecule has 0 spiro atoms. The van der Waals surface area contributed by atoms with E-state index in [9.17, 15) is 0 Å². The molecule has 0 fully saturated rings. The minimum atomic E-state index is 0. The number of hydrogen-bond donors (Lipinski definition) is 0. The van der Waals surface area contributed by atoms with Crippen LogP contribution >= 0.6 is 0 Å². The van der Waals surface area contributed by atoms with E-state index in [2.05, 4.69) is 47.6 Å². The monoisotopic (exact) mass is 333 g/mol. The van der Waals surface area contributed by atoms with Gasteiger partial charge in [-0.25, -0.2) is 5.57 Å². The van der Waals surface area contributed by atoms with E-state index >= 15 is 0 Å². The average molecular weight is 336 g/mol. The zero-order valence-electron chi connectivity index (χ0n) is 10.9. The van der Waals surface area contributed by atoms with Gasteiger partial charge in [-0.15, -0.1) is 6.42 Å². The molecule has 0 radical (unpaired) electrons. The SMILES string of the molecule is CC(C)C1=[C-]CC(C(C)C)=C1C(C)C.[Nd]. The van der Waals surface area contributed by atoms with E-state index in [4.69, 9.17) is 0 Å². The molecule has 0 aromatic heterocycles. The van der Waals surface area contributed by atoms with Crippen LogP contribution in [0.3, 0.4) is 0 Å². The molecular weight excluding hydrogens is 312 g/mol. The minimum Gasteiger partial charge on any atom is -0.269 e. The van der Waals surface area contributed by atoms with Crippen LogP contribution < -0.4 is 0 Å². The molecule has 0 atom stereocenters. The fraction of sp³-hybridized carbons (Fsp3) is 0.714. The van der Waals surface area contributed by atoms with Gasteiger partial charge in [-0.2, -0.15) is 11.1 Å². The first kappa shape index (κ1) is 15.8. The Morgan fingerprint density at radius 1 is 0.867 bits per heavy atom. The van der Waals surface area contributed by atoms with Crippen LogP contribution in [0, 0.1) is 64.7 Å². The molecule has 0 saturated carbocycles. The second-order valence-electron chi connectivity index (χ2n) is 5.17. The van der Waals surface area contributed by atoms with Crippen LogP contribution in [0.15, 0.2) is 16.7 Å². The molecule has 15 heavy (non-hydrogen) atoms. The van der Waals surface area contributed by atoms with E-state index in [0.29, 0.717) is 17.8 Å². The van der Waals surface area contributed by atoms with Gasteiger partial charge in [0.05, 0.1) is 0 Å². The third-order valence-electron chi connectivity index (χ3n) is 2.96. The number of hydrogen-bond acceptors (Lipinski definition) is 0. The Labute approximate surface area is 128 Å². The topological polar surface area (TPSA) is 0 Å². The van der Waals surface area contributed by atoms with E-state index in [1.165, 1.54) is 5.57 Å². The molecule has 0 aliphatic heterocycles. The predicted octanol–water partition coefficient (Wildman–Crippen LogP) is 4.38. The maximum atomic E-state index is 3.56. The summed E-state index contributed by atoms with van der Waals surface area (Å²) in [4.78, 5) is 0. The van der Waals surface area contributed by atoms with Gasteiger partial charge in [0.1, 0.15) is 0 Å². The van der Waals surface area contributed by atoms with Crippen molar-refractivity contribution in [3.63, 3.8) is 0 Å². The third kappa shape index (κ3) is 3.66. The summed E-state index contributed by atoms with van der Waals surface area (Å²) in [5.41, 5.74) is 4.68. The van der Waals surface area contributed by atoms with Crippen LogP contribution in [0.5, 0.6) is 0 Å².